The van der Waals surface area contributed by atoms with Crippen molar-refractivity contribution in [2.75, 3.05) is 13.2 Å². The predicted molar refractivity (Wildman–Crippen MR) is 96.6 cm³/mol. The van der Waals surface area contributed by atoms with Gasteiger partial charge in [0.05, 0.1) is 11.7 Å². The van der Waals surface area contributed by atoms with E-state index in [1.165, 1.54) is 0 Å². The summed E-state index contributed by atoms with van der Waals surface area (Å²) in [5, 5.41) is 3.10. The van der Waals surface area contributed by atoms with Gasteiger partial charge in [0.2, 0.25) is 5.91 Å². The first-order valence-electron chi connectivity index (χ1n) is 9.00. The Morgan fingerprint density at radius 2 is 1.61 bits per heavy atom. The van der Waals surface area contributed by atoms with Crippen molar-refractivity contribution in [3.8, 4) is 0 Å². The molecule has 4 heteroatoms. The lowest BCUT2D eigenvalue weighted by molar-refractivity contribution is -0.124. The van der Waals surface area contributed by atoms with Crippen LogP contribution in [0.15, 0.2) is 0 Å². The van der Waals surface area contributed by atoms with E-state index in [-0.39, 0.29) is 23.2 Å². The number of amides is 1. The van der Waals surface area contributed by atoms with E-state index >= 15 is 0 Å². The largest absolute Gasteiger partial charge is 0.379 e. The number of hydrogen-bond donors (Lipinski definition) is 1. The summed E-state index contributed by atoms with van der Waals surface area (Å²) in [4.78, 5) is 12.2. The van der Waals surface area contributed by atoms with E-state index in [4.69, 9.17) is 9.47 Å². The summed E-state index contributed by atoms with van der Waals surface area (Å²) < 4.78 is 11.5. The zero-order valence-corrected chi connectivity index (χ0v) is 16.6. The molecule has 1 N–H and O–H groups in total. The van der Waals surface area contributed by atoms with E-state index < -0.39 is 0 Å². The third-order valence-electron chi connectivity index (χ3n) is 3.80. The van der Waals surface area contributed by atoms with E-state index in [9.17, 15) is 4.79 Å². The lowest BCUT2D eigenvalue weighted by atomic mass is 9.98. The second-order valence-corrected chi connectivity index (χ2v) is 8.39. The lowest BCUT2D eigenvalue weighted by Crippen LogP contribution is -2.44. The van der Waals surface area contributed by atoms with Crippen molar-refractivity contribution >= 4 is 5.91 Å². The second kappa shape index (κ2) is 10.3. The van der Waals surface area contributed by atoms with Gasteiger partial charge in [-0.3, -0.25) is 4.79 Å². The SMILES string of the molecule is CC(C)CCOC(C)(C)CCC(=O)NC(C)(C)CCOC(C)C. The topological polar surface area (TPSA) is 47.6 Å². The average molecular weight is 330 g/mol. The van der Waals surface area contributed by atoms with Crippen LogP contribution in [0.2, 0.25) is 0 Å². The predicted octanol–water partition coefficient (Wildman–Crippen LogP) is 4.32. The minimum atomic E-state index is -0.253. The third kappa shape index (κ3) is 13.5. The molecule has 0 unspecified atom stereocenters. The number of rotatable bonds is 12. The first-order chi connectivity index (χ1) is 10.4. The molecule has 0 aliphatic carbocycles. The van der Waals surface area contributed by atoms with E-state index in [0.717, 1.165) is 25.9 Å². The molecule has 0 rings (SSSR count). The first-order valence-corrected chi connectivity index (χ1v) is 9.00. The minimum absolute atomic E-state index is 0.0834. The van der Waals surface area contributed by atoms with Crippen molar-refractivity contribution in [1.29, 1.82) is 0 Å². The Hall–Kier alpha value is -0.610. The van der Waals surface area contributed by atoms with Gasteiger partial charge in [0.15, 0.2) is 0 Å². The molecule has 0 radical (unpaired) electrons. The third-order valence-corrected chi connectivity index (χ3v) is 3.80. The summed E-state index contributed by atoms with van der Waals surface area (Å²) in [6.45, 7) is 18.0. The molecule has 138 valence electrons. The molecular formula is C19H39NO3. The maximum absolute atomic E-state index is 12.2. The van der Waals surface area contributed by atoms with Crippen molar-refractivity contribution in [3.63, 3.8) is 0 Å². The Morgan fingerprint density at radius 3 is 2.13 bits per heavy atom. The van der Waals surface area contributed by atoms with Crippen molar-refractivity contribution in [1.82, 2.24) is 5.32 Å². The highest BCUT2D eigenvalue weighted by atomic mass is 16.5. The highest BCUT2D eigenvalue weighted by Crippen LogP contribution is 2.19. The number of carbonyl (C=O) groups excluding carboxylic acids is 1. The summed E-state index contributed by atoms with van der Waals surface area (Å²) in [6, 6.07) is 0. The lowest BCUT2D eigenvalue weighted by Gasteiger charge is -2.29. The van der Waals surface area contributed by atoms with Crippen LogP contribution in [0.1, 0.15) is 81.1 Å². The highest BCUT2D eigenvalue weighted by molar-refractivity contribution is 5.76. The molecule has 1 amide bonds. The van der Waals surface area contributed by atoms with Crippen LogP contribution in [0.3, 0.4) is 0 Å². The Kier molecular flexibility index (Phi) is 10.0. The average Bonchev–Trinajstić information content (AvgIpc) is 2.34. The smallest absolute Gasteiger partial charge is 0.220 e. The Bertz CT molecular complexity index is 336. The molecule has 0 fully saturated rings. The zero-order chi connectivity index (χ0) is 18.1. The molecule has 0 atom stereocenters. The molecular weight excluding hydrogens is 290 g/mol. The molecule has 0 aromatic carbocycles. The zero-order valence-electron chi connectivity index (χ0n) is 16.6. The maximum atomic E-state index is 12.2. The van der Waals surface area contributed by atoms with Crippen LogP contribution in [-0.4, -0.2) is 36.4 Å². The van der Waals surface area contributed by atoms with Crippen molar-refractivity contribution in [2.45, 2.75) is 98.3 Å². The molecule has 0 saturated carbocycles. The van der Waals surface area contributed by atoms with Crippen LogP contribution in [0.5, 0.6) is 0 Å². The van der Waals surface area contributed by atoms with Gasteiger partial charge in [0.1, 0.15) is 0 Å². The molecule has 0 aromatic rings. The fourth-order valence-corrected chi connectivity index (χ4v) is 2.11. The van der Waals surface area contributed by atoms with Gasteiger partial charge in [-0.25, -0.2) is 0 Å². The molecule has 4 nitrogen and oxygen atoms in total. The van der Waals surface area contributed by atoms with Crippen molar-refractivity contribution in [3.05, 3.63) is 0 Å². The molecule has 0 saturated heterocycles. The van der Waals surface area contributed by atoms with Crippen LogP contribution in [-0.2, 0) is 14.3 Å². The van der Waals surface area contributed by atoms with Crippen LogP contribution in [0.4, 0.5) is 0 Å². The number of carbonyl (C=O) groups is 1. The van der Waals surface area contributed by atoms with Crippen molar-refractivity contribution < 1.29 is 14.3 Å². The maximum Gasteiger partial charge on any atom is 0.220 e. The van der Waals surface area contributed by atoms with Gasteiger partial charge in [0.25, 0.3) is 0 Å². The highest BCUT2D eigenvalue weighted by Gasteiger charge is 2.24. The summed E-state index contributed by atoms with van der Waals surface area (Å²) in [7, 11) is 0. The summed E-state index contributed by atoms with van der Waals surface area (Å²) in [5.41, 5.74) is -0.494. The monoisotopic (exact) mass is 329 g/mol. The Labute approximate surface area is 143 Å². The first kappa shape index (κ1) is 22.4. The van der Waals surface area contributed by atoms with E-state index in [1.54, 1.807) is 0 Å². The second-order valence-electron chi connectivity index (χ2n) is 8.39. The number of nitrogens with one attached hydrogen (secondary N) is 1. The van der Waals surface area contributed by atoms with Crippen LogP contribution >= 0.6 is 0 Å². The molecule has 0 heterocycles. The summed E-state index contributed by atoms with van der Waals surface area (Å²) in [6.07, 6.45) is 3.31. The Morgan fingerprint density at radius 1 is 1.00 bits per heavy atom. The van der Waals surface area contributed by atoms with Crippen LogP contribution < -0.4 is 5.32 Å². The number of ether oxygens (including phenoxy) is 2. The van der Waals surface area contributed by atoms with Gasteiger partial charge in [-0.1, -0.05) is 13.8 Å². The summed E-state index contributed by atoms with van der Waals surface area (Å²) in [5.74, 6) is 0.725. The molecule has 23 heavy (non-hydrogen) atoms. The fourth-order valence-electron chi connectivity index (χ4n) is 2.11. The quantitative estimate of drug-likeness (QED) is 0.580. The van der Waals surface area contributed by atoms with Gasteiger partial charge in [-0.15, -0.1) is 0 Å². The van der Waals surface area contributed by atoms with E-state index in [2.05, 4.69) is 33.0 Å². The van der Waals surface area contributed by atoms with E-state index in [1.807, 2.05) is 27.7 Å². The fraction of sp³-hybridized carbons (Fsp3) is 0.947. The standard InChI is InChI=1S/C19H39NO3/c1-15(2)10-13-23-19(7,8)11-9-17(21)20-18(5,6)12-14-22-16(3)4/h15-16H,9-14H2,1-8H3,(H,20,21). The molecule has 0 spiro atoms. The van der Waals surface area contributed by atoms with Gasteiger partial charge < -0.3 is 14.8 Å². The number of hydrogen-bond acceptors (Lipinski definition) is 3. The van der Waals surface area contributed by atoms with Gasteiger partial charge in [-0.05, 0) is 66.7 Å². The van der Waals surface area contributed by atoms with E-state index in [0.29, 0.717) is 18.9 Å². The molecule has 0 aliphatic heterocycles. The summed E-state index contributed by atoms with van der Waals surface area (Å²) >= 11 is 0. The van der Waals surface area contributed by atoms with Gasteiger partial charge in [-0.2, -0.15) is 0 Å². The molecule has 0 bridgehead atoms. The van der Waals surface area contributed by atoms with Crippen molar-refractivity contribution in [2.24, 2.45) is 5.92 Å². The molecule has 0 aromatic heterocycles. The van der Waals surface area contributed by atoms with Crippen LogP contribution in [0, 0.1) is 5.92 Å². The van der Waals surface area contributed by atoms with Gasteiger partial charge in [0, 0.05) is 25.2 Å². The van der Waals surface area contributed by atoms with Crippen LogP contribution in [0.25, 0.3) is 0 Å². The Balaban J connectivity index is 4.07. The van der Waals surface area contributed by atoms with Gasteiger partial charge >= 0.3 is 0 Å². The minimum Gasteiger partial charge on any atom is -0.379 e. The molecule has 0 aliphatic rings. The normalized spacial score (nSPS) is 13.0.